The van der Waals surface area contributed by atoms with Crippen molar-refractivity contribution in [3.8, 4) is 0 Å². The van der Waals surface area contributed by atoms with Gasteiger partial charge < -0.3 is 0 Å². The van der Waals surface area contributed by atoms with Crippen molar-refractivity contribution in [2.75, 3.05) is 9.38 Å². The number of hydrogen-bond donors (Lipinski definition) is 1. The van der Waals surface area contributed by atoms with Crippen LogP contribution < -0.4 is 4.72 Å². The average molecular weight is 295 g/mol. The molecule has 0 saturated heterocycles. The lowest BCUT2D eigenvalue weighted by Gasteiger charge is -2.04. The number of nitro groups is 1. The van der Waals surface area contributed by atoms with Crippen molar-refractivity contribution in [3.05, 3.63) is 34.4 Å². The van der Waals surface area contributed by atoms with Crippen LogP contribution in [0.4, 0.5) is 11.4 Å². The molecule has 0 unspecified atom stereocenters. The highest BCUT2D eigenvalue weighted by Gasteiger charge is 2.10. The largest absolute Gasteiger partial charge is 0.283 e. The molecule has 15 heavy (non-hydrogen) atoms. The minimum Gasteiger partial charge on any atom is -0.283 e. The molecule has 0 aliphatic carbocycles. The highest BCUT2D eigenvalue weighted by atomic mass is 79.9. The lowest BCUT2D eigenvalue weighted by atomic mass is 10.3. The van der Waals surface area contributed by atoms with E-state index >= 15 is 0 Å². The number of benzene rings is 1. The Labute approximate surface area is 94.6 Å². The van der Waals surface area contributed by atoms with Gasteiger partial charge in [0.1, 0.15) is 4.66 Å². The molecule has 0 bridgehead atoms. The molecular weight excluding hydrogens is 288 g/mol. The van der Waals surface area contributed by atoms with E-state index in [0.717, 1.165) is 6.07 Å². The zero-order valence-corrected chi connectivity index (χ0v) is 9.79. The Hall–Kier alpha value is -1.15. The van der Waals surface area contributed by atoms with E-state index in [9.17, 15) is 18.5 Å². The van der Waals surface area contributed by atoms with Crippen LogP contribution in [0.1, 0.15) is 0 Å². The number of rotatable bonds is 4. The van der Waals surface area contributed by atoms with Crippen LogP contribution in [0.15, 0.2) is 24.3 Å². The summed E-state index contributed by atoms with van der Waals surface area (Å²) in [6.07, 6.45) is 0. The summed E-state index contributed by atoms with van der Waals surface area (Å²) in [6, 6.07) is 5.28. The Morgan fingerprint density at radius 3 is 2.67 bits per heavy atom. The predicted molar refractivity (Wildman–Crippen MR) is 59.4 cm³/mol. The van der Waals surface area contributed by atoms with Crippen LogP contribution in [0.2, 0.25) is 0 Å². The van der Waals surface area contributed by atoms with Gasteiger partial charge in [-0.15, -0.1) is 0 Å². The van der Waals surface area contributed by atoms with Crippen molar-refractivity contribution in [1.29, 1.82) is 0 Å². The third kappa shape index (κ3) is 3.48. The molecule has 82 valence electrons. The van der Waals surface area contributed by atoms with Crippen LogP contribution in [-0.2, 0) is 10.0 Å². The van der Waals surface area contributed by atoms with Gasteiger partial charge in [-0.25, -0.2) is 8.42 Å². The SMILES string of the molecule is O=[N+]([O-])c1cccc(NS(=O)(=O)CBr)c1. The molecule has 6 nitrogen and oxygen atoms in total. The first kappa shape index (κ1) is 11.9. The normalized spacial score (nSPS) is 11.0. The molecule has 1 aromatic carbocycles. The summed E-state index contributed by atoms with van der Waals surface area (Å²) >= 11 is 2.79. The second-order valence-electron chi connectivity index (χ2n) is 2.63. The molecule has 1 rings (SSSR count). The van der Waals surface area contributed by atoms with Crippen LogP contribution in [0.3, 0.4) is 0 Å². The van der Waals surface area contributed by atoms with E-state index in [1.165, 1.54) is 18.2 Å². The zero-order chi connectivity index (χ0) is 11.5. The molecule has 0 spiro atoms. The van der Waals surface area contributed by atoms with E-state index in [0.29, 0.717) is 0 Å². The van der Waals surface area contributed by atoms with Crippen LogP contribution in [-0.4, -0.2) is 18.0 Å². The van der Waals surface area contributed by atoms with Crippen LogP contribution in [0.5, 0.6) is 0 Å². The van der Waals surface area contributed by atoms with Gasteiger partial charge in [-0.1, -0.05) is 22.0 Å². The summed E-state index contributed by atoms with van der Waals surface area (Å²) in [5.74, 6) is 0. The molecule has 0 aliphatic heterocycles. The molecular formula is C7H7BrN2O4S. The molecule has 8 heteroatoms. The summed E-state index contributed by atoms with van der Waals surface area (Å²) in [7, 11) is -3.47. The van der Waals surface area contributed by atoms with Gasteiger partial charge in [-0.05, 0) is 6.07 Å². The number of hydrogen-bond acceptors (Lipinski definition) is 4. The molecule has 1 N–H and O–H groups in total. The number of halogens is 1. The molecule has 0 heterocycles. The van der Waals surface area contributed by atoms with E-state index in [-0.39, 0.29) is 16.0 Å². The lowest BCUT2D eigenvalue weighted by molar-refractivity contribution is -0.384. The fourth-order valence-corrected chi connectivity index (χ4v) is 1.77. The first-order chi connectivity index (χ1) is 6.94. The third-order valence-electron chi connectivity index (χ3n) is 1.47. The average Bonchev–Trinajstić information content (AvgIpc) is 2.17. The van der Waals surface area contributed by atoms with E-state index < -0.39 is 14.9 Å². The predicted octanol–water partition coefficient (Wildman–Crippen LogP) is 1.69. The quantitative estimate of drug-likeness (QED) is 0.520. The Morgan fingerprint density at radius 2 is 2.13 bits per heavy atom. The summed E-state index contributed by atoms with van der Waals surface area (Å²) in [6.45, 7) is 0. The maximum Gasteiger partial charge on any atom is 0.271 e. The van der Waals surface area contributed by atoms with Gasteiger partial charge in [0, 0.05) is 12.1 Å². The van der Waals surface area contributed by atoms with Gasteiger partial charge in [0.15, 0.2) is 0 Å². The van der Waals surface area contributed by atoms with Crippen LogP contribution in [0, 0.1) is 10.1 Å². The summed E-state index contributed by atoms with van der Waals surface area (Å²) in [4.78, 5) is 9.82. The van der Waals surface area contributed by atoms with Crippen molar-refractivity contribution in [1.82, 2.24) is 0 Å². The lowest BCUT2D eigenvalue weighted by Crippen LogP contribution is -2.13. The number of sulfonamides is 1. The fraction of sp³-hybridized carbons (Fsp3) is 0.143. The third-order valence-corrected chi connectivity index (χ3v) is 4.12. The number of nitrogens with one attached hydrogen (secondary N) is 1. The number of nitro benzene ring substituents is 1. The standard InChI is InChI=1S/C7H7BrN2O4S/c8-5-15(13,14)9-6-2-1-3-7(4-6)10(11)12/h1-4,9H,5H2. The highest BCUT2D eigenvalue weighted by molar-refractivity contribution is 9.10. The van der Waals surface area contributed by atoms with Gasteiger partial charge in [-0.2, -0.15) is 0 Å². The van der Waals surface area contributed by atoms with Crippen molar-refractivity contribution in [2.24, 2.45) is 0 Å². The second-order valence-corrected chi connectivity index (χ2v) is 5.66. The number of anilines is 1. The molecule has 0 fully saturated rings. The fourth-order valence-electron chi connectivity index (χ4n) is 0.890. The minimum atomic E-state index is -3.47. The summed E-state index contributed by atoms with van der Waals surface area (Å²) < 4.78 is 24.2. The first-order valence-electron chi connectivity index (χ1n) is 3.75. The molecule has 0 atom stereocenters. The Balaban J connectivity index is 2.97. The first-order valence-corrected chi connectivity index (χ1v) is 6.53. The van der Waals surface area contributed by atoms with Crippen molar-refractivity contribution < 1.29 is 13.3 Å². The Bertz CT molecular complexity index is 474. The molecule has 1 aromatic rings. The molecule has 0 radical (unpaired) electrons. The van der Waals surface area contributed by atoms with E-state index in [2.05, 4.69) is 20.7 Å². The topological polar surface area (TPSA) is 89.3 Å². The molecule has 0 aromatic heterocycles. The summed E-state index contributed by atoms with van der Waals surface area (Å²) in [5, 5.41) is 10.4. The number of alkyl halides is 1. The maximum absolute atomic E-state index is 11.1. The van der Waals surface area contributed by atoms with Gasteiger partial charge in [0.2, 0.25) is 10.0 Å². The van der Waals surface area contributed by atoms with Gasteiger partial charge >= 0.3 is 0 Å². The van der Waals surface area contributed by atoms with E-state index in [1.54, 1.807) is 0 Å². The molecule has 0 saturated carbocycles. The smallest absolute Gasteiger partial charge is 0.271 e. The van der Waals surface area contributed by atoms with Gasteiger partial charge in [0.25, 0.3) is 5.69 Å². The van der Waals surface area contributed by atoms with Crippen LogP contribution >= 0.6 is 15.9 Å². The second kappa shape index (κ2) is 4.58. The Morgan fingerprint density at radius 1 is 1.47 bits per heavy atom. The number of non-ortho nitro benzene ring substituents is 1. The highest BCUT2D eigenvalue weighted by Crippen LogP contribution is 2.18. The zero-order valence-electron chi connectivity index (χ0n) is 7.38. The molecule has 0 amide bonds. The Kier molecular flexibility index (Phi) is 3.64. The van der Waals surface area contributed by atoms with Crippen molar-refractivity contribution in [3.63, 3.8) is 0 Å². The van der Waals surface area contributed by atoms with Crippen LogP contribution in [0.25, 0.3) is 0 Å². The van der Waals surface area contributed by atoms with Gasteiger partial charge in [-0.3, -0.25) is 14.8 Å². The maximum atomic E-state index is 11.1. The monoisotopic (exact) mass is 294 g/mol. The van der Waals surface area contributed by atoms with Crippen molar-refractivity contribution in [2.45, 2.75) is 0 Å². The summed E-state index contributed by atoms with van der Waals surface area (Å²) in [5.41, 5.74) is 0.00780. The van der Waals surface area contributed by atoms with Crippen molar-refractivity contribution >= 4 is 37.3 Å². The molecule has 0 aliphatic rings. The van der Waals surface area contributed by atoms with E-state index in [1.807, 2.05) is 0 Å². The van der Waals surface area contributed by atoms with E-state index in [4.69, 9.17) is 0 Å². The van der Waals surface area contributed by atoms with Gasteiger partial charge in [0.05, 0.1) is 10.6 Å². The number of nitrogens with zero attached hydrogens (tertiary/aromatic N) is 1. The minimum absolute atomic E-state index is 0.162.